The fourth-order valence-corrected chi connectivity index (χ4v) is 1.71. The van der Waals surface area contributed by atoms with Crippen LogP contribution in [-0.4, -0.2) is 23.1 Å². The van der Waals surface area contributed by atoms with Crippen LogP contribution >= 0.6 is 0 Å². The molecule has 0 saturated carbocycles. The molecule has 0 spiro atoms. The van der Waals surface area contributed by atoms with E-state index in [0.717, 1.165) is 28.9 Å². The molecule has 1 aromatic heterocycles. The third-order valence-electron chi connectivity index (χ3n) is 2.44. The van der Waals surface area contributed by atoms with Crippen molar-refractivity contribution in [2.24, 2.45) is 0 Å². The van der Waals surface area contributed by atoms with Crippen molar-refractivity contribution >= 4 is 22.4 Å². The summed E-state index contributed by atoms with van der Waals surface area (Å²) in [7, 11) is 0. The molecule has 0 saturated heterocycles. The fourth-order valence-electron chi connectivity index (χ4n) is 1.71. The zero-order chi connectivity index (χ0) is 10.3. The van der Waals surface area contributed by atoms with Crippen molar-refractivity contribution in [1.29, 1.82) is 0 Å². The maximum Gasteiger partial charge on any atom is 0.144 e. The zero-order valence-corrected chi connectivity index (χ0v) is 8.03. The Morgan fingerprint density at radius 3 is 3.20 bits per heavy atom. The van der Waals surface area contributed by atoms with E-state index in [2.05, 4.69) is 15.3 Å². The van der Waals surface area contributed by atoms with Crippen molar-refractivity contribution in [1.82, 2.24) is 9.97 Å². The van der Waals surface area contributed by atoms with E-state index in [1.165, 1.54) is 6.33 Å². The first-order chi connectivity index (χ1) is 7.34. The van der Waals surface area contributed by atoms with Crippen LogP contribution in [0, 0.1) is 0 Å². The van der Waals surface area contributed by atoms with Crippen molar-refractivity contribution in [2.75, 3.05) is 24.2 Å². The van der Waals surface area contributed by atoms with Gasteiger partial charge in [0.15, 0.2) is 0 Å². The van der Waals surface area contributed by atoms with Gasteiger partial charge in [0, 0.05) is 18.0 Å². The number of nitrogen functional groups attached to an aromatic ring is 1. The van der Waals surface area contributed by atoms with Crippen molar-refractivity contribution < 1.29 is 4.74 Å². The molecule has 2 aromatic rings. The molecule has 0 amide bonds. The van der Waals surface area contributed by atoms with Gasteiger partial charge in [-0.1, -0.05) is 0 Å². The van der Waals surface area contributed by atoms with Gasteiger partial charge in [0.05, 0.1) is 11.2 Å². The number of rotatable bonds is 0. The summed E-state index contributed by atoms with van der Waals surface area (Å²) in [4.78, 5) is 8.11. The van der Waals surface area contributed by atoms with Gasteiger partial charge < -0.3 is 15.8 Å². The highest BCUT2D eigenvalue weighted by atomic mass is 16.5. The molecule has 0 bridgehead atoms. The summed E-state index contributed by atoms with van der Waals surface area (Å²) in [5, 5.41) is 4.10. The van der Waals surface area contributed by atoms with Gasteiger partial charge in [0.2, 0.25) is 0 Å². The summed E-state index contributed by atoms with van der Waals surface area (Å²) in [5.74, 6) is 1.32. The second-order valence-corrected chi connectivity index (χ2v) is 3.40. The molecule has 0 fully saturated rings. The van der Waals surface area contributed by atoms with E-state index in [-0.39, 0.29) is 0 Å². The van der Waals surface area contributed by atoms with Crippen molar-refractivity contribution in [2.45, 2.75) is 0 Å². The number of anilines is 2. The zero-order valence-electron chi connectivity index (χ0n) is 8.03. The Hall–Kier alpha value is -2.04. The average Bonchev–Trinajstić information content (AvgIpc) is 2.27. The molecule has 0 unspecified atom stereocenters. The quantitative estimate of drug-likeness (QED) is 0.667. The largest absolute Gasteiger partial charge is 0.490 e. The number of benzene rings is 1. The van der Waals surface area contributed by atoms with Crippen LogP contribution in [0.4, 0.5) is 11.5 Å². The number of nitrogens with two attached hydrogens (primary N) is 1. The van der Waals surface area contributed by atoms with Crippen LogP contribution in [0.15, 0.2) is 18.5 Å². The SMILES string of the molecule is Nc1ncnc2cc3c(cc12)NCCO3. The maximum absolute atomic E-state index is 5.77. The van der Waals surface area contributed by atoms with Crippen molar-refractivity contribution in [3.05, 3.63) is 18.5 Å². The highest BCUT2D eigenvalue weighted by Crippen LogP contribution is 2.32. The summed E-state index contributed by atoms with van der Waals surface area (Å²) in [6.07, 6.45) is 1.46. The molecule has 76 valence electrons. The van der Waals surface area contributed by atoms with E-state index in [1.807, 2.05) is 12.1 Å². The van der Waals surface area contributed by atoms with Gasteiger partial charge in [0.25, 0.3) is 0 Å². The van der Waals surface area contributed by atoms with E-state index in [1.54, 1.807) is 0 Å². The molecule has 0 aliphatic carbocycles. The molecule has 3 N–H and O–H groups in total. The van der Waals surface area contributed by atoms with E-state index in [0.29, 0.717) is 12.4 Å². The Labute approximate surface area is 86.3 Å². The predicted molar refractivity (Wildman–Crippen MR) is 57.9 cm³/mol. The monoisotopic (exact) mass is 202 g/mol. The molecule has 0 radical (unpaired) electrons. The smallest absolute Gasteiger partial charge is 0.144 e. The van der Waals surface area contributed by atoms with Crippen molar-refractivity contribution in [3.8, 4) is 5.75 Å². The molecule has 5 heteroatoms. The number of hydrogen-bond donors (Lipinski definition) is 2. The van der Waals surface area contributed by atoms with Crippen LogP contribution in [0.2, 0.25) is 0 Å². The van der Waals surface area contributed by atoms with Crippen LogP contribution in [0.1, 0.15) is 0 Å². The first-order valence-electron chi connectivity index (χ1n) is 4.75. The van der Waals surface area contributed by atoms with Crippen molar-refractivity contribution in [3.63, 3.8) is 0 Å². The molecule has 3 rings (SSSR count). The third kappa shape index (κ3) is 1.24. The summed E-state index contributed by atoms with van der Waals surface area (Å²) in [6.45, 7) is 1.49. The lowest BCUT2D eigenvalue weighted by Gasteiger charge is -2.19. The maximum atomic E-state index is 5.77. The van der Waals surface area contributed by atoms with Gasteiger partial charge in [-0.05, 0) is 6.07 Å². The number of ether oxygens (including phenoxy) is 1. The van der Waals surface area contributed by atoms with Crippen LogP contribution in [0.3, 0.4) is 0 Å². The normalized spacial score (nSPS) is 14.1. The number of nitrogens with one attached hydrogen (secondary N) is 1. The molecular formula is C10H10N4O. The standard InChI is InChI=1S/C10H10N4O/c11-10-6-3-8-9(15-2-1-12-8)4-7(6)13-5-14-10/h3-5,12H,1-2H2,(H2,11,13,14). The summed E-state index contributed by atoms with van der Waals surface area (Å²) >= 11 is 0. The van der Waals surface area contributed by atoms with Crippen LogP contribution < -0.4 is 15.8 Å². The van der Waals surface area contributed by atoms with Crippen LogP contribution in [0.5, 0.6) is 5.75 Å². The van der Waals surface area contributed by atoms with Gasteiger partial charge in [-0.3, -0.25) is 0 Å². The van der Waals surface area contributed by atoms with Gasteiger partial charge in [0.1, 0.15) is 24.5 Å². The molecule has 2 heterocycles. The predicted octanol–water partition coefficient (Wildman–Crippen LogP) is 1.02. The van der Waals surface area contributed by atoms with E-state index >= 15 is 0 Å². The topological polar surface area (TPSA) is 73.1 Å². The van der Waals surface area contributed by atoms with Gasteiger partial charge in [-0.2, -0.15) is 0 Å². The molecule has 0 atom stereocenters. The Morgan fingerprint density at radius 2 is 2.27 bits per heavy atom. The molecule has 1 aliphatic heterocycles. The lowest BCUT2D eigenvalue weighted by Crippen LogP contribution is -2.18. The lowest BCUT2D eigenvalue weighted by molar-refractivity contribution is 0.324. The summed E-state index contributed by atoms with van der Waals surface area (Å²) in [5.41, 5.74) is 7.53. The van der Waals surface area contributed by atoms with Crippen LogP contribution in [-0.2, 0) is 0 Å². The van der Waals surface area contributed by atoms with Gasteiger partial charge in [-0.25, -0.2) is 9.97 Å². The summed E-state index contributed by atoms with van der Waals surface area (Å²) < 4.78 is 5.51. The molecule has 1 aromatic carbocycles. The Balaban J connectivity index is 2.31. The van der Waals surface area contributed by atoms with Crippen LogP contribution in [0.25, 0.3) is 10.9 Å². The van der Waals surface area contributed by atoms with E-state index in [9.17, 15) is 0 Å². The lowest BCUT2D eigenvalue weighted by atomic mass is 10.2. The highest BCUT2D eigenvalue weighted by Gasteiger charge is 2.12. The Kier molecular flexibility index (Phi) is 1.65. The minimum absolute atomic E-state index is 0.496. The minimum atomic E-state index is 0.496. The minimum Gasteiger partial charge on any atom is -0.490 e. The molecular weight excluding hydrogens is 192 g/mol. The molecule has 1 aliphatic rings. The van der Waals surface area contributed by atoms with E-state index in [4.69, 9.17) is 10.5 Å². The fraction of sp³-hybridized carbons (Fsp3) is 0.200. The number of hydrogen-bond acceptors (Lipinski definition) is 5. The second-order valence-electron chi connectivity index (χ2n) is 3.40. The Morgan fingerprint density at radius 1 is 1.33 bits per heavy atom. The number of fused-ring (bicyclic) bond motifs is 2. The number of nitrogens with zero attached hydrogens (tertiary/aromatic N) is 2. The molecule has 5 nitrogen and oxygen atoms in total. The Bertz CT molecular complexity index is 526. The van der Waals surface area contributed by atoms with E-state index < -0.39 is 0 Å². The number of aromatic nitrogens is 2. The average molecular weight is 202 g/mol. The van der Waals surface area contributed by atoms with Gasteiger partial charge >= 0.3 is 0 Å². The third-order valence-corrected chi connectivity index (χ3v) is 2.44. The first kappa shape index (κ1) is 8.28. The second kappa shape index (κ2) is 2.98. The first-order valence-corrected chi connectivity index (χ1v) is 4.75. The highest BCUT2D eigenvalue weighted by molar-refractivity contribution is 5.92. The molecule has 15 heavy (non-hydrogen) atoms. The summed E-state index contributed by atoms with van der Waals surface area (Å²) in [6, 6.07) is 3.81. The van der Waals surface area contributed by atoms with Gasteiger partial charge in [-0.15, -0.1) is 0 Å².